The molecule has 5 atom stereocenters. The molecule has 0 aromatic heterocycles. The lowest BCUT2D eigenvalue weighted by atomic mass is 9.53. The Kier molecular flexibility index (Phi) is 3.70. The molecule has 0 heterocycles. The van der Waals surface area contributed by atoms with Crippen molar-refractivity contribution in [3.63, 3.8) is 0 Å². The standard InChI is InChI=1S/C21H28O4/c1-12(22)21(24)11-9-17-15-4-5-16-13(6-7-18(23)19(16)25-3)14(15)8-10-20(17,21)2/h6-7,14-15,17,23-24H,4-5,8-11H2,1-3H3/t14-,15-,17+,20+,21-/m1/s1. The van der Waals surface area contributed by atoms with Crippen LogP contribution in [0.1, 0.15) is 63.0 Å². The van der Waals surface area contributed by atoms with Crippen LogP contribution < -0.4 is 4.74 Å². The first-order valence-corrected chi connectivity index (χ1v) is 9.45. The second kappa shape index (κ2) is 5.47. The van der Waals surface area contributed by atoms with Gasteiger partial charge in [-0.05, 0) is 74.8 Å². The van der Waals surface area contributed by atoms with E-state index in [9.17, 15) is 15.0 Å². The largest absolute Gasteiger partial charge is 0.504 e. The number of benzene rings is 1. The van der Waals surface area contributed by atoms with Crippen molar-refractivity contribution in [3.8, 4) is 11.5 Å². The third kappa shape index (κ3) is 2.06. The van der Waals surface area contributed by atoms with E-state index in [1.54, 1.807) is 20.1 Å². The molecular weight excluding hydrogens is 316 g/mol. The van der Waals surface area contributed by atoms with E-state index < -0.39 is 5.60 Å². The SMILES string of the molecule is COc1c(O)ccc2c1CC[C@@H]1[C@@H]2CC[C@@]2(C)[C@H]1CC[C@@]2(O)C(C)=O. The highest BCUT2D eigenvalue weighted by atomic mass is 16.5. The van der Waals surface area contributed by atoms with Crippen LogP contribution in [0.5, 0.6) is 11.5 Å². The van der Waals surface area contributed by atoms with Gasteiger partial charge in [-0.3, -0.25) is 4.79 Å². The van der Waals surface area contributed by atoms with Crippen LogP contribution in [0.25, 0.3) is 0 Å². The minimum absolute atomic E-state index is 0.0706. The summed E-state index contributed by atoms with van der Waals surface area (Å²) in [6.45, 7) is 3.68. The van der Waals surface area contributed by atoms with Gasteiger partial charge in [-0.25, -0.2) is 0 Å². The van der Waals surface area contributed by atoms with E-state index in [1.165, 1.54) is 5.56 Å². The van der Waals surface area contributed by atoms with Crippen molar-refractivity contribution >= 4 is 5.78 Å². The fourth-order valence-corrected chi connectivity index (χ4v) is 6.45. The minimum atomic E-state index is -1.16. The van der Waals surface area contributed by atoms with Gasteiger partial charge < -0.3 is 14.9 Å². The van der Waals surface area contributed by atoms with E-state index in [4.69, 9.17) is 4.74 Å². The summed E-state index contributed by atoms with van der Waals surface area (Å²) in [6.07, 6.45) is 5.30. The van der Waals surface area contributed by atoms with Gasteiger partial charge in [0.25, 0.3) is 0 Å². The van der Waals surface area contributed by atoms with E-state index in [-0.39, 0.29) is 16.9 Å². The smallest absolute Gasteiger partial charge is 0.163 e. The maximum absolute atomic E-state index is 12.2. The first-order valence-electron chi connectivity index (χ1n) is 9.45. The van der Waals surface area contributed by atoms with E-state index >= 15 is 0 Å². The Morgan fingerprint density at radius 1 is 1.24 bits per heavy atom. The van der Waals surface area contributed by atoms with Crippen molar-refractivity contribution in [1.82, 2.24) is 0 Å². The molecule has 4 heteroatoms. The van der Waals surface area contributed by atoms with Crippen molar-refractivity contribution < 1.29 is 19.7 Å². The number of phenols is 1. The summed E-state index contributed by atoms with van der Waals surface area (Å²) in [7, 11) is 1.61. The van der Waals surface area contributed by atoms with Crippen LogP contribution >= 0.6 is 0 Å². The topological polar surface area (TPSA) is 66.8 Å². The first kappa shape index (κ1) is 16.9. The summed E-state index contributed by atoms with van der Waals surface area (Å²) < 4.78 is 5.46. The summed E-state index contributed by atoms with van der Waals surface area (Å²) >= 11 is 0. The van der Waals surface area contributed by atoms with E-state index in [0.717, 1.165) is 37.7 Å². The lowest BCUT2D eigenvalue weighted by Gasteiger charge is -2.52. The number of rotatable bonds is 2. The van der Waals surface area contributed by atoms with Crippen LogP contribution in [0.3, 0.4) is 0 Å². The average molecular weight is 344 g/mol. The fraction of sp³-hybridized carbons (Fsp3) is 0.667. The molecule has 0 spiro atoms. The zero-order chi connectivity index (χ0) is 18.0. The lowest BCUT2D eigenvalue weighted by Crippen LogP contribution is -2.54. The maximum Gasteiger partial charge on any atom is 0.163 e. The van der Waals surface area contributed by atoms with Crippen molar-refractivity contribution in [2.24, 2.45) is 17.3 Å². The second-order valence-corrected chi connectivity index (χ2v) is 8.51. The molecule has 0 unspecified atom stereocenters. The van der Waals surface area contributed by atoms with Gasteiger partial charge in [0.05, 0.1) is 7.11 Å². The Morgan fingerprint density at radius 3 is 2.68 bits per heavy atom. The Labute approximate surface area is 149 Å². The predicted octanol–water partition coefficient (Wildman–Crippen LogP) is 3.58. The summed E-state index contributed by atoms with van der Waals surface area (Å²) in [5.41, 5.74) is 0.979. The first-order chi connectivity index (χ1) is 11.8. The lowest BCUT2D eigenvalue weighted by molar-refractivity contribution is -0.154. The van der Waals surface area contributed by atoms with Crippen molar-refractivity contribution in [2.45, 2.75) is 63.9 Å². The molecule has 3 aliphatic carbocycles. The Balaban J connectivity index is 1.73. The number of aromatic hydroxyl groups is 1. The molecule has 0 bridgehead atoms. The molecule has 2 fully saturated rings. The molecule has 2 N–H and O–H groups in total. The average Bonchev–Trinajstić information content (AvgIpc) is 2.87. The number of Topliss-reactive ketones (excluding diaryl/α,β-unsaturated/α-hetero) is 1. The monoisotopic (exact) mass is 344 g/mol. The highest BCUT2D eigenvalue weighted by molar-refractivity contribution is 5.86. The zero-order valence-corrected chi connectivity index (χ0v) is 15.3. The third-order valence-corrected chi connectivity index (χ3v) is 7.78. The van der Waals surface area contributed by atoms with E-state index in [0.29, 0.717) is 29.9 Å². The highest BCUT2D eigenvalue weighted by Crippen LogP contribution is 2.64. The molecule has 1 aromatic rings. The van der Waals surface area contributed by atoms with Gasteiger partial charge in [0.2, 0.25) is 0 Å². The Bertz CT molecular complexity index is 727. The van der Waals surface area contributed by atoms with Gasteiger partial charge in [0.1, 0.15) is 5.60 Å². The molecular formula is C21H28O4. The van der Waals surface area contributed by atoms with Crippen LogP contribution in [0, 0.1) is 17.3 Å². The quantitative estimate of drug-likeness (QED) is 0.860. The number of ether oxygens (including phenoxy) is 1. The Morgan fingerprint density at radius 2 is 2.00 bits per heavy atom. The number of hydrogen-bond donors (Lipinski definition) is 2. The molecule has 0 radical (unpaired) electrons. The molecule has 4 rings (SSSR count). The highest BCUT2D eigenvalue weighted by Gasteiger charge is 2.63. The minimum Gasteiger partial charge on any atom is -0.504 e. The molecule has 3 aliphatic rings. The molecule has 1 aromatic carbocycles. The van der Waals surface area contributed by atoms with Crippen LogP contribution in [0.15, 0.2) is 12.1 Å². The van der Waals surface area contributed by atoms with Crippen LogP contribution in [0.4, 0.5) is 0 Å². The molecule has 4 nitrogen and oxygen atoms in total. The van der Waals surface area contributed by atoms with Gasteiger partial charge in [-0.1, -0.05) is 13.0 Å². The maximum atomic E-state index is 12.2. The van der Waals surface area contributed by atoms with Gasteiger partial charge >= 0.3 is 0 Å². The predicted molar refractivity (Wildman–Crippen MR) is 94.9 cm³/mol. The Hall–Kier alpha value is -1.55. The van der Waals surface area contributed by atoms with E-state index in [1.807, 2.05) is 0 Å². The summed E-state index contributed by atoms with van der Waals surface area (Å²) in [5, 5.41) is 21.2. The number of methoxy groups -OCH3 is 1. The van der Waals surface area contributed by atoms with Crippen molar-refractivity contribution in [3.05, 3.63) is 23.3 Å². The van der Waals surface area contributed by atoms with Crippen LogP contribution in [0.2, 0.25) is 0 Å². The second-order valence-electron chi connectivity index (χ2n) is 8.51. The fourth-order valence-electron chi connectivity index (χ4n) is 6.45. The van der Waals surface area contributed by atoms with Gasteiger partial charge in [-0.2, -0.15) is 0 Å². The summed E-state index contributed by atoms with van der Waals surface area (Å²) in [6, 6.07) is 3.80. The third-order valence-electron chi connectivity index (χ3n) is 7.78. The molecule has 136 valence electrons. The van der Waals surface area contributed by atoms with Crippen molar-refractivity contribution in [2.75, 3.05) is 7.11 Å². The number of aliphatic hydroxyl groups is 1. The zero-order valence-electron chi connectivity index (χ0n) is 15.3. The number of carbonyl (C=O) groups is 1. The van der Waals surface area contributed by atoms with Gasteiger partial charge in [0.15, 0.2) is 17.3 Å². The number of hydrogen-bond acceptors (Lipinski definition) is 4. The normalized spacial score (nSPS) is 39.3. The van der Waals surface area contributed by atoms with Crippen LogP contribution in [-0.4, -0.2) is 28.7 Å². The number of ketones is 1. The van der Waals surface area contributed by atoms with Crippen molar-refractivity contribution in [1.29, 1.82) is 0 Å². The number of carbonyl (C=O) groups excluding carboxylic acids is 1. The summed E-state index contributed by atoms with van der Waals surface area (Å²) in [4.78, 5) is 12.2. The number of fused-ring (bicyclic) bond motifs is 5. The van der Waals surface area contributed by atoms with E-state index in [2.05, 4.69) is 13.0 Å². The molecule has 0 aliphatic heterocycles. The molecule has 2 saturated carbocycles. The summed E-state index contributed by atoms with van der Waals surface area (Å²) in [5.74, 6) is 2.08. The van der Waals surface area contributed by atoms with Gasteiger partial charge in [0, 0.05) is 11.0 Å². The van der Waals surface area contributed by atoms with Gasteiger partial charge in [-0.15, -0.1) is 0 Å². The molecule has 0 saturated heterocycles. The molecule has 0 amide bonds. The molecule has 25 heavy (non-hydrogen) atoms. The van der Waals surface area contributed by atoms with Crippen LogP contribution in [-0.2, 0) is 11.2 Å². The number of phenolic OH excluding ortho intramolecular Hbond substituents is 1.